The summed E-state index contributed by atoms with van der Waals surface area (Å²) in [4.78, 5) is 12.5. The predicted molar refractivity (Wildman–Crippen MR) is 112 cm³/mol. The number of phenols is 1. The monoisotopic (exact) mass is 365 g/mol. The molecule has 0 saturated heterocycles. The molecule has 0 radical (unpaired) electrons. The SMILES string of the molecule is CC=CCc1cc(C=CC(=O)c2ccc(NC)cc2)c(OC(C)C)cc1O. The van der Waals surface area contributed by atoms with Gasteiger partial charge in [-0.1, -0.05) is 12.2 Å². The maximum atomic E-state index is 12.5. The van der Waals surface area contributed by atoms with Gasteiger partial charge in [-0.2, -0.15) is 0 Å². The minimum absolute atomic E-state index is 0.0391. The molecule has 0 heterocycles. The van der Waals surface area contributed by atoms with Gasteiger partial charge in [0.25, 0.3) is 0 Å². The highest BCUT2D eigenvalue weighted by atomic mass is 16.5. The first-order chi connectivity index (χ1) is 12.9. The molecular weight excluding hydrogens is 338 g/mol. The van der Waals surface area contributed by atoms with Crippen molar-refractivity contribution in [1.82, 2.24) is 0 Å². The molecule has 4 nitrogen and oxygen atoms in total. The van der Waals surface area contributed by atoms with E-state index in [0.717, 1.165) is 16.8 Å². The van der Waals surface area contributed by atoms with Crippen molar-refractivity contribution in [3.8, 4) is 11.5 Å². The Morgan fingerprint density at radius 1 is 1.22 bits per heavy atom. The van der Waals surface area contributed by atoms with Crippen LogP contribution in [-0.4, -0.2) is 24.0 Å². The summed E-state index contributed by atoms with van der Waals surface area (Å²) in [5.41, 5.74) is 3.12. The van der Waals surface area contributed by atoms with Gasteiger partial charge in [-0.25, -0.2) is 0 Å². The maximum absolute atomic E-state index is 12.5. The minimum atomic E-state index is -0.0868. The Bertz CT molecular complexity index is 833. The second-order valence-corrected chi connectivity index (χ2v) is 6.48. The van der Waals surface area contributed by atoms with Crippen molar-refractivity contribution in [1.29, 1.82) is 0 Å². The van der Waals surface area contributed by atoms with E-state index in [0.29, 0.717) is 17.7 Å². The molecule has 0 fully saturated rings. The number of allylic oxidation sites excluding steroid dienone is 3. The van der Waals surface area contributed by atoms with Crippen molar-refractivity contribution in [3.05, 3.63) is 71.3 Å². The van der Waals surface area contributed by atoms with Crippen molar-refractivity contribution in [2.75, 3.05) is 12.4 Å². The van der Waals surface area contributed by atoms with Gasteiger partial charge in [0.1, 0.15) is 11.5 Å². The Morgan fingerprint density at radius 2 is 1.93 bits per heavy atom. The number of rotatable bonds is 8. The Hall–Kier alpha value is -3.01. The Kier molecular flexibility index (Phi) is 7.24. The zero-order valence-electron chi connectivity index (χ0n) is 16.3. The molecule has 0 unspecified atom stereocenters. The summed E-state index contributed by atoms with van der Waals surface area (Å²) < 4.78 is 5.81. The number of carbonyl (C=O) groups is 1. The lowest BCUT2D eigenvalue weighted by Gasteiger charge is -2.15. The Balaban J connectivity index is 2.32. The molecular formula is C23H27NO3. The van der Waals surface area contributed by atoms with Crippen molar-refractivity contribution >= 4 is 17.5 Å². The molecule has 0 aromatic heterocycles. The quantitative estimate of drug-likeness (QED) is 0.382. The number of ether oxygens (including phenoxy) is 1. The third-order valence-corrected chi connectivity index (χ3v) is 4.02. The van der Waals surface area contributed by atoms with Crippen LogP contribution in [0.1, 0.15) is 42.3 Å². The third kappa shape index (κ3) is 5.74. The Labute approximate surface area is 161 Å². The van der Waals surface area contributed by atoms with E-state index in [1.807, 2.05) is 58.2 Å². The van der Waals surface area contributed by atoms with E-state index in [2.05, 4.69) is 5.32 Å². The first-order valence-corrected chi connectivity index (χ1v) is 9.08. The molecule has 0 amide bonds. The van der Waals surface area contributed by atoms with Crippen molar-refractivity contribution in [2.24, 2.45) is 0 Å². The zero-order valence-corrected chi connectivity index (χ0v) is 16.3. The molecule has 0 atom stereocenters. The van der Waals surface area contributed by atoms with E-state index >= 15 is 0 Å². The fourth-order valence-electron chi connectivity index (χ4n) is 2.59. The zero-order chi connectivity index (χ0) is 19.8. The molecule has 0 aliphatic rings. The fraction of sp³-hybridized carbons (Fsp3) is 0.261. The molecule has 27 heavy (non-hydrogen) atoms. The number of phenolic OH excluding ortho intramolecular Hbond substituents is 1. The van der Waals surface area contributed by atoms with Gasteiger partial charge >= 0.3 is 0 Å². The summed E-state index contributed by atoms with van der Waals surface area (Å²) in [6, 6.07) is 10.8. The van der Waals surface area contributed by atoms with Gasteiger partial charge < -0.3 is 15.2 Å². The lowest BCUT2D eigenvalue weighted by molar-refractivity contribution is 0.104. The van der Waals surface area contributed by atoms with Crippen molar-refractivity contribution < 1.29 is 14.6 Å². The van der Waals surface area contributed by atoms with E-state index in [-0.39, 0.29) is 17.6 Å². The highest BCUT2D eigenvalue weighted by Crippen LogP contribution is 2.31. The maximum Gasteiger partial charge on any atom is 0.185 e. The van der Waals surface area contributed by atoms with Gasteiger partial charge in [-0.05, 0) is 75.2 Å². The van der Waals surface area contributed by atoms with Gasteiger partial charge in [0.2, 0.25) is 0 Å². The molecule has 0 aliphatic heterocycles. The van der Waals surface area contributed by atoms with Crippen LogP contribution in [0.4, 0.5) is 5.69 Å². The largest absolute Gasteiger partial charge is 0.508 e. The molecule has 2 N–H and O–H groups in total. The van der Waals surface area contributed by atoms with E-state index in [9.17, 15) is 9.90 Å². The van der Waals surface area contributed by atoms with Gasteiger partial charge in [-0.3, -0.25) is 4.79 Å². The summed E-state index contributed by atoms with van der Waals surface area (Å²) in [7, 11) is 1.84. The number of nitrogens with one attached hydrogen (secondary N) is 1. The van der Waals surface area contributed by atoms with Crippen molar-refractivity contribution in [2.45, 2.75) is 33.3 Å². The molecule has 2 rings (SSSR count). The molecule has 2 aromatic rings. The highest BCUT2D eigenvalue weighted by Gasteiger charge is 2.10. The topological polar surface area (TPSA) is 58.6 Å². The standard InChI is InChI=1S/C23H27NO3/c1-5-6-7-18-14-19(23(15-22(18)26)27-16(2)3)10-13-21(25)17-8-11-20(24-4)12-9-17/h5-6,8-16,24,26H,7H2,1-4H3. The van der Waals surface area contributed by atoms with Gasteiger partial charge in [0.05, 0.1) is 6.10 Å². The lowest BCUT2D eigenvalue weighted by atomic mass is 10.0. The number of benzene rings is 2. The van der Waals surface area contributed by atoms with Crippen LogP contribution in [0, 0.1) is 0 Å². The number of aromatic hydroxyl groups is 1. The average molecular weight is 365 g/mol. The first kappa shape index (κ1) is 20.3. The van der Waals surface area contributed by atoms with E-state index in [1.54, 1.807) is 24.3 Å². The number of hydrogen-bond acceptors (Lipinski definition) is 4. The number of anilines is 1. The highest BCUT2D eigenvalue weighted by molar-refractivity contribution is 6.07. The van der Waals surface area contributed by atoms with Crippen LogP contribution in [0.25, 0.3) is 6.08 Å². The first-order valence-electron chi connectivity index (χ1n) is 9.08. The van der Waals surface area contributed by atoms with Crippen LogP contribution in [-0.2, 0) is 6.42 Å². The number of hydrogen-bond donors (Lipinski definition) is 2. The molecule has 4 heteroatoms. The summed E-state index contributed by atoms with van der Waals surface area (Å²) in [6.07, 6.45) is 7.76. The van der Waals surface area contributed by atoms with Crippen molar-refractivity contribution in [3.63, 3.8) is 0 Å². The second-order valence-electron chi connectivity index (χ2n) is 6.48. The van der Waals surface area contributed by atoms with Gasteiger partial charge in [0.15, 0.2) is 5.78 Å². The van der Waals surface area contributed by atoms with Gasteiger partial charge in [-0.15, -0.1) is 0 Å². The van der Waals surface area contributed by atoms with E-state index < -0.39 is 0 Å². The van der Waals surface area contributed by atoms with Crippen LogP contribution >= 0.6 is 0 Å². The summed E-state index contributed by atoms with van der Waals surface area (Å²) >= 11 is 0. The molecule has 0 bridgehead atoms. The predicted octanol–water partition coefficient (Wildman–Crippen LogP) is 5.24. The molecule has 142 valence electrons. The minimum Gasteiger partial charge on any atom is -0.508 e. The summed E-state index contributed by atoms with van der Waals surface area (Å²) in [5, 5.41) is 13.3. The molecule has 0 aliphatic carbocycles. The van der Waals surface area contributed by atoms with Crippen LogP contribution in [0.5, 0.6) is 11.5 Å². The molecule has 0 saturated carbocycles. The average Bonchev–Trinajstić information content (AvgIpc) is 2.65. The Morgan fingerprint density at radius 3 is 2.52 bits per heavy atom. The summed E-state index contributed by atoms with van der Waals surface area (Å²) in [5.74, 6) is 0.660. The van der Waals surface area contributed by atoms with Crippen LogP contribution < -0.4 is 10.1 Å². The lowest BCUT2D eigenvalue weighted by Crippen LogP contribution is -2.07. The molecule has 0 spiro atoms. The van der Waals surface area contributed by atoms with E-state index in [4.69, 9.17) is 4.74 Å². The third-order valence-electron chi connectivity index (χ3n) is 4.02. The molecule has 2 aromatic carbocycles. The van der Waals surface area contributed by atoms with Gasteiger partial charge in [0, 0.05) is 29.9 Å². The number of carbonyl (C=O) groups excluding carboxylic acids is 1. The van der Waals surface area contributed by atoms with E-state index in [1.165, 1.54) is 6.08 Å². The second kappa shape index (κ2) is 9.62. The normalized spacial score (nSPS) is 11.4. The smallest absolute Gasteiger partial charge is 0.185 e. The number of ketones is 1. The fourth-order valence-corrected chi connectivity index (χ4v) is 2.59. The van der Waals surface area contributed by atoms with Crippen LogP contribution in [0.15, 0.2) is 54.6 Å². The summed E-state index contributed by atoms with van der Waals surface area (Å²) in [6.45, 7) is 5.78. The van der Waals surface area contributed by atoms with Crippen LogP contribution in [0.3, 0.4) is 0 Å². The van der Waals surface area contributed by atoms with Crippen LogP contribution in [0.2, 0.25) is 0 Å².